The van der Waals surface area contributed by atoms with Gasteiger partial charge in [-0.1, -0.05) is 0 Å². The molecule has 1 aliphatic rings. The van der Waals surface area contributed by atoms with Gasteiger partial charge in [-0.05, 0) is 0 Å². The van der Waals surface area contributed by atoms with Crippen molar-refractivity contribution >= 4 is 0 Å². The lowest BCUT2D eigenvalue weighted by Gasteiger charge is -2.14. The molecule has 5 nitrogen and oxygen atoms in total. The summed E-state index contributed by atoms with van der Waals surface area (Å²) in [5.74, 6) is 0.418. The van der Waals surface area contributed by atoms with Crippen LogP contribution in [0, 0.1) is 0 Å². The maximum atomic E-state index is 9.40. The number of imidazole rings is 1. The number of hydrogen-bond donors (Lipinski definition) is 3. The van der Waals surface area contributed by atoms with Crippen molar-refractivity contribution < 1.29 is 15.3 Å². The van der Waals surface area contributed by atoms with Gasteiger partial charge < -0.3 is 19.9 Å². The number of aromatic nitrogens is 2. The summed E-state index contributed by atoms with van der Waals surface area (Å²) in [5.41, 5.74) is 0. The lowest BCUT2D eigenvalue weighted by atomic mass is 10.1. The van der Waals surface area contributed by atoms with Crippen molar-refractivity contribution in [1.82, 2.24) is 9.55 Å². The zero-order valence-electron chi connectivity index (χ0n) is 6.33. The van der Waals surface area contributed by atoms with Crippen LogP contribution >= 0.6 is 0 Å². The third-order valence-electron chi connectivity index (χ3n) is 2.23. The average Bonchev–Trinajstić information content (AvgIpc) is 2.59. The van der Waals surface area contributed by atoms with E-state index in [4.69, 9.17) is 5.11 Å². The van der Waals surface area contributed by atoms with Gasteiger partial charge >= 0.3 is 0 Å². The number of nitrogens with zero attached hydrogens (tertiary/aromatic N) is 2. The summed E-state index contributed by atoms with van der Waals surface area (Å²) in [4.78, 5) is 3.87. The van der Waals surface area contributed by atoms with Gasteiger partial charge in [-0.2, -0.15) is 0 Å². The molecule has 1 aromatic heterocycles. The Morgan fingerprint density at radius 1 is 1.50 bits per heavy atom. The molecule has 0 radical (unpaired) electrons. The lowest BCUT2D eigenvalue weighted by molar-refractivity contribution is -0.00198. The number of aliphatic hydroxyl groups is 3. The molecule has 0 fully saturated rings. The van der Waals surface area contributed by atoms with Crippen molar-refractivity contribution in [2.24, 2.45) is 0 Å². The number of hydrogen-bond acceptors (Lipinski definition) is 4. The third kappa shape index (κ3) is 0.811. The van der Waals surface area contributed by atoms with E-state index in [1.807, 2.05) is 0 Å². The van der Waals surface area contributed by atoms with E-state index in [0.717, 1.165) is 0 Å². The molecular formula is C7H10N2O3. The van der Waals surface area contributed by atoms with Gasteiger partial charge in [0.25, 0.3) is 0 Å². The van der Waals surface area contributed by atoms with Crippen LogP contribution in [0.1, 0.15) is 18.0 Å². The molecule has 5 heteroatoms. The van der Waals surface area contributed by atoms with Gasteiger partial charge in [0.05, 0.1) is 12.6 Å². The first-order chi connectivity index (χ1) is 5.75. The molecule has 0 amide bonds. The smallest absolute Gasteiger partial charge is 0.140 e. The maximum absolute atomic E-state index is 9.40. The fourth-order valence-corrected chi connectivity index (χ4v) is 1.56. The van der Waals surface area contributed by atoms with Crippen molar-refractivity contribution in [3.8, 4) is 0 Å². The minimum atomic E-state index is -0.975. The lowest BCUT2D eigenvalue weighted by Crippen LogP contribution is -2.23. The molecule has 0 unspecified atom stereocenters. The van der Waals surface area contributed by atoms with Crippen molar-refractivity contribution in [2.75, 3.05) is 6.61 Å². The molecule has 3 N–H and O–H groups in total. The largest absolute Gasteiger partial charge is 0.394 e. The summed E-state index contributed by atoms with van der Waals surface area (Å²) in [6.45, 7) is -0.193. The number of rotatable bonds is 1. The van der Waals surface area contributed by atoms with Crippen LogP contribution in [0.4, 0.5) is 0 Å². The Kier molecular flexibility index (Phi) is 1.64. The van der Waals surface area contributed by atoms with E-state index >= 15 is 0 Å². The molecule has 2 heterocycles. The van der Waals surface area contributed by atoms with E-state index in [-0.39, 0.29) is 6.61 Å². The monoisotopic (exact) mass is 170 g/mol. The summed E-state index contributed by atoms with van der Waals surface area (Å²) < 4.78 is 1.59. The molecule has 0 spiro atoms. The molecule has 3 atom stereocenters. The van der Waals surface area contributed by atoms with Gasteiger partial charge in [0.2, 0.25) is 0 Å². The van der Waals surface area contributed by atoms with E-state index in [0.29, 0.717) is 5.82 Å². The van der Waals surface area contributed by atoms with Crippen LogP contribution in [0.25, 0.3) is 0 Å². The highest BCUT2D eigenvalue weighted by atomic mass is 16.3. The standard InChI is InChI=1S/C7H10N2O3/c10-3-4-5(11)6(12)7-8-1-2-9(4)7/h1-2,4-6,10-12H,3H2/t4-,5-,6+/m1/s1. The first-order valence-electron chi connectivity index (χ1n) is 3.75. The molecule has 0 bridgehead atoms. The zero-order valence-corrected chi connectivity index (χ0v) is 6.33. The Labute approximate surface area is 68.9 Å². The van der Waals surface area contributed by atoms with Crippen molar-refractivity contribution in [3.63, 3.8) is 0 Å². The molecule has 0 saturated carbocycles. The molecule has 1 aliphatic heterocycles. The van der Waals surface area contributed by atoms with Crippen LogP contribution in [0.5, 0.6) is 0 Å². The first-order valence-corrected chi connectivity index (χ1v) is 3.75. The minimum absolute atomic E-state index is 0.193. The second kappa shape index (κ2) is 2.55. The number of fused-ring (bicyclic) bond motifs is 1. The predicted molar refractivity (Wildman–Crippen MR) is 39.3 cm³/mol. The van der Waals surface area contributed by atoms with Gasteiger partial charge in [-0.25, -0.2) is 4.98 Å². The summed E-state index contributed by atoms with van der Waals surface area (Å²) in [6, 6.07) is -0.461. The van der Waals surface area contributed by atoms with Crippen LogP contribution in [-0.2, 0) is 0 Å². The summed E-state index contributed by atoms with van der Waals surface area (Å²) in [6.07, 6.45) is 1.25. The molecule has 1 aromatic rings. The average molecular weight is 170 g/mol. The molecule has 0 aliphatic carbocycles. The summed E-state index contributed by atoms with van der Waals surface area (Å²) in [5, 5.41) is 27.7. The Bertz CT molecular complexity index is 286. The van der Waals surface area contributed by atoms with Crippen LogP contribution in [-0.4, -0.2) is 37.6 Å². The topological polar surface area (TPSA) is 78.5 Å². The van der Waals surface area contributed by atoms with Crippen LogP contribution in [0.3, 0.4) is 0 Å². The second-order valence-corrected chi connectivity index (χ2v) is 2.88. The predicted octanol–water partition coefficient (Wildman–Crippen LogP) is -1.18. The Hall–Kier alpha value is -0.910. The van der Waals surface area contributed by atoms with Crippen LogP contribution in [0.15, 0.2) is 12.4 Å². The Balaban J connectivity index is 2.42. The SMILES string of the molecule is OC[C@@H]1[C@@H](O)[C@H](O)c2nccn21. The third-order valence-corrected chi connectivity index (χ3v) is 2.23. The number of aliphatic hydroxyl groups excluding tert-OH is 3. The molecule has 0 saturated heterocycles. The first kappa shape index (κ1) is 7.72. The van der Waals surface area contributed by atoms with Gasteiger partial charge in [0, 0.05) is 12.4 Å². The molecular weight excluding hydrogens is 160 g/mol. The molecule has 12 heavy (non-hydrogen) atoms. The molecule has 2 rings (SSSR count). The summed E-state index contributed by atoms with van der Waals surface area (Å²) in [7, 11) is 0. The van der Waals surface area contributed by atoms with Crippen LogP contribution < -0.4 is 0 Å². The van der Waals surface area contributed by atoms with E-state index in [1.165, 1.54) is 6.20 Å². The maximum Gasteiger partial charge on any atom is 0.140 e. The van der Waals surface area contributed by atoms with Gasteiger partial charge in [-0.15, -0.1) is 0 Å². The highest BCUT2D eigenvalue weighted by molar-refractivity contribution is 5.09. The Morgan fingerprint density at radius 2 is 2.25 bits per heavy atom. The van der Waals surface area contributed by atoms with E-state index in [2.05, 4.69) is 4.98 Å². The van der Waals surface area contributed by atoms with E-state index in [9.17, 15) is 10.2 Å². The molecule has 66 valence electrons. The zero-order chi connectivity index (χ0) is 8.72. The van der Waals surface area contributed by atoms with Gasteiger partial charge in [0.1, 0.15) is 18.0 Å². The van der Waals surface area contributed by atoms with Crippen molar-refractivity contribution in [2.45, 2.75) is 18.2 Å². The Morgan fingerprint density at radius 3 is 2.92 bits per heavy atom. The highest BCUT2D eigenvalue weighted by Gasteiger charge is 2.38. The summed E-state index contributed by atoms with van der Waals surface area (Å²) >= 11 is 0. The quantitative estimate of drug-likeness (QED) is 0.496. The minimum Gasteiger partial charge on any atom is -0.394 e. The van der Waals surface area contributed by atoms with Crippen molar-refractivity contribution in [1.29, 1.82) is 0 Å². The van der Waals surface area contributed by atoms with Crippen LogP contribution in [0.2, 0.25) is 0 Å². The highest BCUT2D eigenvalue weighted by Crippen LogP contribution is 2.32. The van der Waals surface area contributed by atoms with E-state index in [1.54, 1.807) is 10.8 Å². The normalized spacial score (nSPS) is 33.8. The molecule has 0 aromatic carbocycles. The fraction of sp³-hybridized carbons (Fsp3) is 0.571. The van der Waals surface area contributed by atoms with E-state index < -0.39 is 18.2 Å². The van der Waals surface area contributed by atoms with Gasteiger partial charge in [0.15, 0.2) is 0 Å². The van der Waals surface area contributed by atoms with Crippen molar-refractivity contribution in [3.05, 3.63) is 18.2 Å². The van der Waals surface area contributed by atoms with Gasteiger partial charge in [-0.3, -0.25) is 0 Å². The second-order valence-electron chi connectivity index (χ2n) is 2.88. The fourth-order valence-electron chi connectivity index (χ4n) is 1.56.